The molecule has 27 heavy (non-hydrogen) atoms. The van der Waals surface area contributed by atoms with Crippen LogP contribution in [0.2, 0.25) is 5.02 Å². The van der Waals surface area contributed by atoms with Crippen molar-refractivity contribution in [1.82, 2.24) is 4.90 Å². The lowest BCUT2D eigenvalue weighted by molar-refractivity contribution is 0.160. The lowest BCUT2D eigenvalue weighted by Gasteiger charge is -2.48. The van der Waals surface area contributed by atoms with Gasteiger partial charge in [-0.3, -0.25) is 4.90 Å². The topological polar surface area (TPSA) is 101 Å². The molecule has 4 atom stereocenters. The van der Waals surface area contributed by atoms with E-state index in [1.54, 1.807) is 12.1 Å². The van der Waals surface area contributed by atoms with E-state index >= 15 is 0 Å². The van der Waals surface area contributed by atoms with Crippen LogP contribution in [0.5, 0.6) is 0 Å². The molecule has 0 amide bonds. The number of nitrogens with zero attached hydrogens (tertiary/aromatic N) is 4. The van der Waals surface area contributed by atoms with Crippen LogP contribution in [0, 0.1) is 45.3 Å². The second kappa shape index (κ2) is 6.14. The molecule has 1 saturated heterocycles. The summed E-state index contributed by atoms with van der Waals surface area (Å²) in [6.45, 7) is 0. The zero-order valence-corrected chi connectivity index (χ0v) is 15.6. The fourth-order valence-electron chi connectivity index (χ4n) is 5.13. The number of allylic oxidation sites excluding steroid dienone is 2. The Morgan fingerprint density at radius 1 is 1.15 bits per heavy atom. The van der Waals surface area contributed by atoms with Crippen LogP contribution in [0.4, 0.5) is 0 Å². The van der Waals surface area contributed by atoms with Gasteiger partial charge in [0.15, 0.2) is 5.41 Å². The Kier molecular flexibility index (Phi) is 4.01. The van der Waals surface area contributed by atoms with Crippen LogP contribution in [0.3, 0.4) is 0 Å². The van der Waals surface area contributed by atoms with Crippen molar-refractivity contribution in [2.45, 2.75) is 30.8 Å². The minimum Gasteiger partial charge on any atom is -0.399 e. The summed E-state index contributed by atoms with van der Waals surface area (Å²) in [5, 5.41) is 30.6. The first-order valence-corrected chi connectivity index (χ1v) is 9.28. The third-order valence-corrected chi connectivity index (χ3v) is 6.70. The number of halogens is 1. The molecular weight excluding hydrogens is 358 g/mol. The molecule has 3 aliphatic rings. The number of nitrogens with two attached hydrogens (primary N) is 1. The lowest BCUT2D eigenvalue weighted by Crippen LogP contribution is -2.51. The molecule has 2 N–H and O–H groups in total. The van der Waals surface area contributed by atoms with Crippen molar-refractivity contribution in [3.63, 3.8) is 0 Å². The van der Waals surface area contributed by atoms with Gasteiger partial charge in [0.25, 0.3) is 0 Å². The molecular formula is C21H18ClN5. The minimum absolute atomic E-state index is 0.0707. The smallest absolute Gasteiger partial charge is 0.191 e. The first-order valence-electron chi connectivity index (χ1n) is 8.90. The van der Waals surface area contributed by atoms with Gasteiger partial charge in [0, 0.05) is 28.9 Å². The van der Waals surface area contributed by atoms with Crippen LogP contribution in [0.1, 0.15) is 24.3 Å². The van der Waals surface area contributed by atoms with Gasteiger partial charge in [0.05, 0.1) is 23.4 Å². The van der Waals surface area contributed by atoms with E-state index < -0.39 is 11.3 Å². The van der Waals surface area contributed by atoms with Crippen molar-refractivity contribution in [3.05, 3.63) is 57.8 Å². The molecule has 2 aliphatic heterocycles. The summed E-state index contributed by atoms with van der Waals surface area (Å²) in [5.74, 6) is -0.601. The standard InChI is InChI=1S/C21H18ClN5/c1-27-14-6-7-17(27)18-15(8-14)16(9-23)20(26)21(10-24,11-25)19(18)12-2-4-13(22)5-3-12/h2-5,8,14,17-19H,6-7,26H2,1H3/t14-,17-,18-,19-/m1/s1. The van der Waals surface area contributed by atoms with E-state index in [0.29, 0.717) is 10.6 Å². The molecule has 4 rings (SSSR count). The molecule has 1 aliphatic carbocycles. The van der Waals surface area contributed by atoms with Gasteiger partial charge in [-0.25, -0.2) is 0 Å². The summed E-state index contributed by atoms with van der Waals surface area (Å²) >= 11 is 6.06. The Labute approximate surface area is 163 Å². The van der Waals surface area contributed by atoms with Gasteiger partial charge in [-0.1, -0.05) is 29.8 Å². The first kappa shape index (κ1) is 17.6. The molecule has 0 radical (unpaired) electrons. The largest absolute Gasteiger partial charge is 0.399 e. The van der Waals surface area contributed by atoms with Crippen LogP contribution in [0.15, 0.2) is 47.2 Å². The highest BCUT2D eigenvalue weighted by Crippen LogP contribution is 2.58. The molecule has 1 aromatic rings. The van der Waals surface area contributed by atoms with Gasteiger partial charge in [-0.05, 0) is 43.2 Å². The minimum atomic E-state index is -1.59. The molecule has 134 valence electrons. The highest BCUT2D eigenvalue weighted by atomic mass is 35.5. The highest BCUT2D eigenvalue weighted by Gasteiger charge is 2.58. The normalized spacial score (nSPS) is 31.3. The summed E-state index contributed by atoms with van der Waals surface area (Å²) in [7, 11) is 2.07. The maximum absolute atomic E-state index is 10.1. The number of likely N-dealkylation sites (N-methyl/N-ethyl adjacent to an activating group) is 1. The monoisotopic (exact) mass is 375 g/mol. The summed E-state index contributed by atoms with van der Waals surface area (Å²) < 4.78 is 0. The summed E-state index contributed by atoms with van der Waals surface area (Å²) in [6.07, 6.45) is 4.07. The maximum Gasteiger partial charge on any atom is 0.191 e. The van der Waals surface area contributed by atoms with E-state index in [1.165, 1.54) is 0 Å². The number of hydrogen-bond acceptors (Lipinski definition) is 5. The number of benzene rings is 1. The van der Waals surface area contributed by atoms with Crippen molar-refractivity contribution < 1.29 is 0 Å². The zero-order chi connectivity index (χ0) is 19.3. The zero-order valence-electron chi connectivity index (χ0n) is 14.9. The predicted octanol–water partition coefficient (Wildman–Crippen LogP) is 3.23. The van der Waals surface area contributed by atoms with Crippen LogP contribution in [-0.4, -0.2) is 24.0 Å². The molecule has 0 saturated carbocycles. The summed E-state index contributed by atoms with van der Waals surface area (Å²) in [5.41, 5.74) is 6.86. The molecule has 0 aromatic heterocycles. The predicted molar refractivity (Wildman–Crippen MR) is 101 cm³/mol. The van der Waals surface area contributed by atoms with Crippen LogP contribution in [0.25, 0.3) is 0 Å². The molecule has 5 nitrogen and oxygen atoms in total. The van der Waals surface area contributed by atoms with Crippen molar-refractivity contribution >= 4 is 11.6 Å². The van der Waals surface area contributed by atoms with E-state index in [9.17, 15) is 15.8 Å². The highest BCUT2D eigenvalue weighted by molar-refractivity contribution is 6.30. The van der Waals surface area contributed by atoms with Crippen LogP contribution in [-0.2, 0) is 0 Å². The van der Waals surface area contributed by atoms with Gasteiger partial charge < -0.3 is 5.73 Å². The van der Waals surface area contributed by atoms with Gasteiger partial charge in [0.2, 0.25) is 0 Å². The van der Waals surface area contributed by atoms with Crippen molar-refractivity contribution in [2.24, 2.45) is 17.1 Å². The Morgan fingerprint density at radius 2 is 1.81 bits per heavy atom. The molecule has 1 fully saturated rings. The van der Waals surface area contributed by atoms with Crippen molar-refractivity contribution in [2.75, 3.05) is 7.05 Å². The lowest BCUT2D eigenvalue weighted by atomic mass is 9.56. The molecule has 0 spiro atoms. The van der Waals surface area contributed by atoms with Crippen molar-refractivity contribution in [1.29, 1.82) is 15.8 Å². The Bertz CT molecular complexity index is 971. The van der Waals surface area contributed by atoms with E-state index in [0.717, 1.165) is 24.0 Å². The van der Waals surface area contributed by atoms with E-state index in [2.05, 4.69) is 36.2 Å². The SMILES string of the molecule is CN1[C@@H]2CC[C@@H]1C=C1C(C#N)=C(N)C(C#N)(C#N)[C@H](c3ccc(Cl)cc3)[C@H]12. The van der Waals surface area contributed by atoms with Gasteiger partial charge in [-0.15, -0.1) is 0 Å². The van der Waals surface area contributed by atoms with Crippen molar-refractivity contribution in [3.8, 4) is 18.2 Å². The van der Waals surface area contributed by atoms with E-state index in [1.807, 2.05) is 12.1 Å². The Balaban J connectivity index is 2.04. The van der Waals surface area contributed by atoms with Gasteiger partial charge in [-0.2, -0.15) is 15.8 Å². The molecule has 2 bridgehead atoms. The second-order valence-corrected chi connectivity index (χ2v) is 7.92. The molecule has 6 heteroatoms. The van der Waals surface area contributed by atoms with Gasteiger partial charge in [0.1, 0.15) is 6.07 Å². The molecule has 1 aromatic carbocycles. The Hall–Kier alpha value is -2.78. The third-order valence-electron chi connectivity index (χ3n) is 6.45. The number of hydrogen-bond donors (Lipinski definition) is 1. The fourth-order valence-corrected chi connectivity index (χ4v) is 5.26. The van der Waals surface area contributed by atoms with E-state index in [-0.39, 0.29) is 23.7 Å². The quantitative estimate of drug-likeness (QED) is 0.812. The fraction of sp³-hybridized carbons (Fsp3) is 0.381. The second-order valence-electron chi connectivity index (χ2n) is 7.49. The summed E-state index contributed by atoms with van der Waals surface area (Å²) in [6, 6.07) is 14.2. The van der Waals surface area contributed by atoms with Crippen LogP contribution < -0.4 is 5.73 Å². The molecule has 0 unspecified atom stereocenters. The average Bonchev–Trinajstić information content (AvgIpc) is 2.91. The number of rotatable bonds is 1. The maximum atomic E-state index is 10.1. The number of fused-ring (bicyclic) bond motifs is 4. The number of nitriles is 3. The van der Waals surface area contributed by atoms with Crippen LogP contribution >= 0.6 is 11.6 Å². The van der Waals surface area contributed by atoms with E-state index in [4.69, 9.17) is 17.3 Å². The first-order chi connectivity index (χ1) is 13.0. The average molecular weight is 376 g/mol. The van der Waals surface area contributed by atoms with Gasteiger partial charge >= 0.3 is 0 Å². The Morgan fingerprint density at radius 3 is 2.41 bits per heavy atom. The summed E-state index contributed by atoms with van der Waals surface area (Å²) in [4.78, 5) is 2.30. The molecule has 2 heterocycles. The third kappa shape index (κ3) is 2.25.